The van der Waals surface area contributed by atoms with Crippen LogP contribution in [0.1, 0.15) is 38.9 Å². The fourth-order valence-electron chi connectivity index (χ4n) is 4.28. The van der Waals surface area contributed by atoms with Crippen LogP contribution < -0.4 is 9.80 Å². The van der Waals surface area contributed by atoms with Crippen LogP contribution in [-0.4, -0.2) is 38.0 Å². The van der Waals surface area contributed by atoms with Gasteiger partial charge in [-0.05, 0) is 43.4 Å². The van der Waals surface area contributed by atoms with Gasteiger partial charge in [0.15, 0.2) is 18.1 Å². The van der Waals surface area contributed by atoms with Crippen molar-refractivity contribution in [2.24, 2.45) is 5.92 Å². The Kier molecular flexibility index (Phi) is 4.85. The first-order chi connectivity index (χ1) is 14.6. The number of fused-ring (bicyclic) bond motifs is 2. The van der Waals surface area contributed by atoms with E-state index in [9.17, 15) is 4.79 Å². The molecule has 1 saturated carbocycles. The van der Waals surface area contributed by atoms with E-state index in [1.54, 1.807) is 12.3 Å². The topological polar surface area (TPSA) is 67.2 Å². The number of hydrogen-bond acceptors (Lipinski definition) is 6. The minimum Gasteiger partial charge on any atom is -0.340 e. The first-order valence-electron chi connectivity index (χ1n) is 10.5. The highest BCUT2D eigenvalue weighted by Crippen LogP contribution is 2.45. The van der Waals surface area contributed by atoms with Crippen LogP contribution in [0.15, 0.2) is 30.6 Å². The van der Waals surface area contributed by atoms with Crippen molar-refractivity contribution in [2.45, 2.75) is 58.4 Å². The quantitative estimate of drug-likeness (QED) is 0.421. The van der Waals surface area contributed by atoms with E-state index in [0.717, 1.165) is 54.8 Å². The van der Waals surface area contributed by atoms with E-state index in [1.807, 2.05) is 18.3 Å². The molecule has 0 N–H and O–H groups in total. The number of aromatic nitrogens is 4. The Hall–Kier alpha value is -2.67. The molecular formula is C22H25ClN6O. The SMILES string of the molecule is CC(C)CCn1c(CN2c3cnccc3N(C3CC3)C2C=O)nc2nc(Cl)ccc21. The summed E-state index contributed by atoms with van der Waals surface area (Å²) < 4.78 is 2.22. The smallest absolute Gasteiger partial charge is 0.179 e. The van der Waals surface area contributed by atoms with Crippen molar-refractivity contribution in [3.8, 4) is 0 Å². The zero-order valence-electron chi connectivity index (χ0n) is 17.2. The molecule has 3 aromatic rings. The number of nitrogens with zero attached hydrogens (tertiary/aromatic N) is 6. The van der Waals surface area contributed by atoms with Gasteiger partial charge in [-0.2, -0.15) is 0 Å². The molecule has 7 nitrogen and oxygen atoms in total. The number of hydrogen-bond donors (Lipinski definition) is 0. The largest absolute Gasteiger partial charge is 0.340 e. The summed E-state index contributed by atoms with van der Waals surface area (Å²) >= 11 is 6.12. The van der Waals surface area contributed by atoms with E-state index in [2.05, 4.69) is 38.2 Å². The second-order valence-electron chi connectivity index (χ2n) is 8.52. The van der Waals surface area contributed by atoms with Crippen molar-refractivity contribution in [3.63, 3.8) is 0 Å². The summed E-state index contributed by atoms with van der Waals surface area (Å²) in [5.74, 6) is 1.46. The van der Waals surface area contributed by atoms with Crippen LogP contribution in [-0.2, 0) is 17.9 Å². The molecule has 1 atom stereocenters. The van der Waals surface area contributed by atoms with Gasteiger partial charge in [0.25, 0.3) is 0 Å². The molecule has 1 aliphatic carbocycles. The van der Waals surface area contributed by atoms with Gasteiger partial charge in [-0.25, -0.2) is 9.97 Å². The number of aldehydes is 1. The van der Waals surface area contributed by atoms with Gasteiger partial charge in [0, 0.05) is 18.8 Å². The lowest BCUT2D eigenvalue weighted by Crippen LogP contribution is -2.45. The molecule has 156 valence electrons. The third-order valence-corrected chi connectivity index (χ3v) is 6.14. The van der Waals surface area contributed by atoms with Crippen molar-refractivity contribution in [2.75, 3.05) is 9.80 Å². The average Bonchev–Trinajstić information content (AvgIpc) is 3.44. The van der Waals surface area contributed by atoms with Crippen LogP contribution in [0.3, 0.4) is 0 Å². The molecule has 0 saturated heterocycles. The highest BCUT2D eigenvalue weighted by molar-refractivity contribution is 6.29. The number of carbonyl (C=O) groups excluding carboxylic acids is 1. The van der Waals surface area contributed by atoms with Crippen molar-refractivity contribution in [1.29, 1.82) is 0 Å². The molecule has 2 aliphatic rings. The predicted molar refractivity (Wildman–Crippen MR) is 118 cm³/mol. The second-order valence-corrected chi connectivity index (χ2v) is 8.91. The van der Waals surface area contributed by atoms with Crippen LogP contribution in [0.2, 0.25) is 5.15 Å². The number of rotatable bonds is 7. The van der Waals surface area contributed by atoms with Gasteiger partial charge in [0.05, 0.1) is 29.6 Å². The molecule has 0 amide bonds. The van der Waals surface area contributed by atoms with Crippen LogP contribution in [0.25, 0.3) is 11.2 Å². The van der Waals surface area contributed by atoms with E-state index in [0.29, 0.717) is 29.3 Å². The molecule has 0 aromatic carbocycles. The van der Waals surface area contributed by atoms with Gasteiger partial charge in [0.2, 0.25) is 0 Å². The molecule has 8 heteroatoms. The Balaban J connectivity index is 1.56. The Bertz CT molecular complexity index is 1090. The maximum Gasteiger partial charge on any atom is 0.179 e. The van der Waals surface area contributed by atoms with Crippen LogP contribution in [0.5, 0.6) is 0 Å². The first kappa shape index (κ1) is 19.3. The Morgan fingerprint density at radius 1 is 1.20 bits per heavy atom. The van der Waals surface area contributed by atoms with E-state index >= 15 is 0 Å². The predicted octanol–water partition coefficient (Wildman–Crippen LogP) is 4.04. The van der Waals surface area contributed by atoms with Crippen LogP contribution >= 0.6 is 11.6 Å². The minimum absolute atomic E-state index is 0.341. The van der Waals surface area contributed by atoms with Gasteiger partial charge in [0.1, 0.15) is 11.0 Å². The van der Waals surface area contributed by atoms with Gasteiger partial charge in [-0.1, -0.05) is 25.4 Å². The standard InChI is InChI=1S/C22H25ClN6O/c1-14(2)8-10-27-17-5-6-19(23)25-22(17)26-20(27)12-28-18-11-24-9-7-16(18)29(15-3-4-15)21(28)13-30/h5-7,9,11,13-15,21H,3-4,8,10,12H2,1-2H3. The lowest BCUT2D eigenvalue weighted by molar-refractivity contribution is -0.108. The number of pyridine rings is 2. The van der Waals surface area contributed by atoms with Gasteiger partial charge >= 0.3 is 0 Å². The maximum absolute atomic E-state index is 12.2. The number of halogens is 1. The van der Waals surface area contributed by atoms with E-state index < -0.39 is 0 Å². The summed E-state index contributed by atoms with van der Waals surface area (Å²) in [7, 11) is 0. The zero-order chi connectivity index (χ0) is 20.8. The van der Waals surface area contributed by atoms with Crippen molar-refractivity contribution >= 4 is 40.4 Å². The number of carbonyl (C=O) groups is 1. The summed E-state index contributed by atoms with van der Waals surface area (Å²) in [6.07, 6.45) is 7.61. The summed E-state index contributed by atoms with van der Waals surface area (Å²) in [4.78, 5) is 30.1. The third kappa shape index (κ3) is 3.31. The van der Waals surface area contributed by atoms with E-state index in [4.69, 9.17) is 16.6 Å². The van der Waals surface area contributed by atoms with Crippen molar-refractivity contribution < 1.29 is 4.79 Å². The van der Waals surface area contributed by atoms with Crippen molar-refractivity contribution in [3.05, 3.63) is 41.6 Å². The van der Waals surface area contributed by atoms with Gasteiger partial charge in [-0.15, -0.1) is 0 Å². The first-order valence-corrected chi connectivity index (χ1v) is 10.9. The summed E-state index contributed by atoms with van der Waals surface area (Å²) in [6, 6.07) is 6.22. The molecule has 0 radical (unpaired) electrons. The van der Waals surface area contributed by atoms with E-state index in [1.165, 1.54) is 0 Å². The van der Waals surface area contributed by atoms with Gasteiger partial charge < -0.3 is 14.4 Å². The zero-order valence-corrected chi connectivity index (χ0v) is 18.0. The molecular weight excluding hydrogens is 400 g/mol. The molecule has 3 aromatic heterocycles. The highest BCUT2D eigenvalue weighted by atomic mass is 35.5. The number of aryl methyl sites for hydroxylation is 1. The van der Waals surface area contributed by atoms with Crippen molar-refractivity contribution in [1.82, 2.24) is 19.5 Å². The fraction of sp³-hybridized carbons (Fsp3) is 0.455. The fourth-order valence-corrected chi connectivity index (χ4v) is 4.42. The Labute approximate surface area is 180 Å². The maximum atomic E-state index is 12.2. The molecule has 1 fully saturated rings. The molecule has 1 unspecified atom stereocenters. The lowest BCUT2D eigenvalue weighted by Gasteiger charge is -2.28. The van der Waals surface area contributed by atoms with Gasteiger partial charge in [-0.3, -0.25) is 9.78 Å². The minimum atomic E-state index is -0.341. The monoisotopic (exact) mass is 424 g/mol. The molecule has 4 heterocycles. The summed E-state index contributed by atoms with van der Waals surface area (Å²) in [5, 5.41) is 0.434. The van der Waals surface area contributed by atoms with Crippen LogP contribution in [0.4, 0.5) is 11.4 Å². The number of imidazole rings is 1. The molecule has 30 heavy (non-hydrogen) atoms. The summed E-state index contributed by atoms with van der Waals surface area (Å²) in [5.41, 5.74) is 3.68. The molecule has 1 aliphatic heterocycles. The third-order valence-electron chi connectivity index (χ3n) is 5.93. The normalized spacial score (nSPS) is 18.5. The summed E-state index contributed by atoms with van der Waals surface area (Å²) in [6.45, 7) is 5.79. The number of anilines is 2. The molecule has 0 spiro atoms. The Morgan fingerprint density at radius 3 is 2.77 bits per heavy atom. The highest BCUT2D eigenvalue weighted by Gasteiger charge is 2.43. The Morgan fingerprint density at radius 2 is 2.03 bits per heavy atom. The van der Waals surface area contributed by atoms with E-state index in [-0.39, 0.29) is 6.17 Å². The second kappa shape index (κ2) is 7.54. The lowest BCUT2D eigenvalue weighted by atomic mass is 10.1. The molecule has 5 rings (SSSR count). The molecule has 0 bridgehead atoms. The average molecular weight is 425 g/mol. The van der Waals surface area contributed by atoms with Crippen LogP contribution in [0, 0.1) is 5.92 Å².